The minimum Gasteiger partial charge on any atom is -0.330 e. The third-order valence-corrected chi connectivity index (χ3v) is 2.64. The fourth-order valence-electron chi connectivity index (χ4n) is 1.72. The Balaban J connectivity index is 2.57. The lowest BCUT2D eigenvalue weighted by Crippen LogP contribution is -2.30. The highest BCUT2D eigenvalue weighted by Gasteiger charge is 2.18. The van der Waals surface area contributed by atoms with Gasteiger partial charge in [-0.1, -0.05) is 13.8 Å². The van der Waals surface area contributed by atoms with Crippen LogP contribution in [0.25, 0.3) is 0 Å². The van der Waals surface area contributed by atoms with Gasteiger partial charge in [0.05, 0.1) is 17.8 Å². The van der Waals surface area contributed by atoms with Crippen molar-refractivity contribution in [3.63, 3.8) is 0 Å². The number of amides is 1. The maximum absolute atomic E-state index is 11.9. The Bertz CT molecular complexity index is 359. The third-order valence-electron chi connectivity index (χ3n) is 2.64. The Morgan fingerprint density at radius 2 is 2.29 bits per heavy atom. The minimum absolute atomic E-state index is 0.0168. The van der Waals surface area contributed by atoms with Crippen molar-refractivity contribution in [2.24, 2.45) is 17.6 Å². The maximum Gasteiger partial charge on any atom is 0.228 e. The average molecular weight is 238 g/mol. The molecule has 0 spiro atoms. The molecule has 0 fully saturated rings. The van der Waals surface area contributed by atoms with E-state index in [1.54, 1.807) is 10.9 Å². The van der Waals surface area contributed by atoms with Gasteiger partial charge in [-0.3, -0.25) is 9.48 Å². The molecule has 1 amide bonds. The summed E-state index contributed by atoms with van der Waals surface area (Å²) in [6, 6.07) is 0. The molecule has 1 rings (SSSR count). The third kappa shape index (κ3) is 4.19. The van der Waals surface area contributed by atoms with Crippen LogP contribution in [0.3, 0.4) is 0 Å². The van der Waals surface area contributed by atoms with Crippen molar-refractivity contribution in [2.75, 3.05) is 11.9 Å². The zero-order chi connectivity index (χ0) is 12.8. The second-order valence-corrected chi connectivity index (χ2v) is 4.64. The normalized spacial score (nSPS) is 12.8. The summed E-state index contributed by atoms with van der Waals surface area (Å²) in [6.45, 7) is 7.35. The van der Waals surface area contributed by atoms with Crippen LogP contribution in [0.2, 0.25) is 0 Å². The van der Waals surface area contributed by atoms with Gasteiger partial charge in [0.25, 0.3) is 0 Å². The van der Waals surface area contributed by atoms with Crippen LogP contribution in [0.4, 0.5) is 5.69 Å². The maximum atomic E-state index is 11.9. The van der Waals surface area contributed by atoms with Gasteiger partial charge in [-0.25, -0.2) is 0 Å². The summed E-state index contributed by atoms with van der Waals surface area (Å²) in [6.07, 6.45) is 4.29. The molecule has 0 saturated carbocycles. The van der Waals surface area contributed by atoms with Crippen molar-refractivity contribution >= 4 is 11.6 Å². The molecule has 0 aliphatic rings. The summed E-state index contributed by atoms with van der Waals surface area (Å²) in [5, 5.41) is 6.96. The second-order valence-electron chi connectivity index (χ2n) is 4.64. The van der Waals surface area contributed by atoms with E-state index in [1.807, 2.05) is 13.1 Å². The van der Waals surface area contributed by atoms with Gasteiger partial charge in [0.15, 0.2) is 0 Å². The van der Waals surface area contributed by atoms with E-state index in [9.17, 15) is 4.79 Å². The molecule has 17 heavy (non-hydrogen) atoms. The number of aromatic nitrogens is 2. The number of rotatable bonds is 6. The van der Waals surface area contributed by atoms with Gasteiger partial charge in [0.1, 0.15) is 0 Å². The molecule has 1 aromatic rings. The quantitative estimate of drug-likeness (QED) is 0.788. The van der Waals surface area contributed by atoms with Crippen LogP contribution in [0, 0.1) is 11.8 Å². The van der Waals surface area contributed by atoms with E-state index in [1.165, 1.54) is 0 Å². The van der Waals surface area contributed by atoms with Crippen molar-refractivity contribution in [3.8, 4) is 0 Å². The van der Waals surface area contributed by atoms with Gasteiger partial charge in [-0.2, -0.15) is 5.10 Å². The molecule has 1 aromatic heterocycles. The Morgan fingerprint density at radius 1 is 1.59 bits per heavy atom. The largest absolute Gasteiger partial charge is 0.330 e. The fraction of sp³-hybridized carbons (Fsp3) is 0.667. The van der Waals surface area contributed by atoms with Crippen molar-refractivity contribution in [2.45, 2.75) is 33.7 Å². The molecule has 0 aromatic carbocycles. The smallest absolute Gasteiger partial charge is 0.228 e. The monoisotopic (exact) mass is 238 g/mol. The Kier molecular flexibility index (Phi) is 5.15. The van der Waals surface area contributed by atoms with E-state index >= 15 is 0 Å². The van der Waals surface area contributed by atoms with Gasteiger partial charge in [0, 0.05) is 19.3 Å². The van der Waals surface area contributed by atoms with Crippen LogP contribution in [-0.2, 0) is 11.3 Å². The number of hydrogen-bond donors (Lipinski definition) is 2. The standard InChI is InChI=1S/C12H22N4O/c1-4-16-8-11(7-14-16)15-12(17)10(6-13)5-9(2)3/h7-10H,4-6,13H2,1-3H3,(H,15,17). The lowest BCUT2D eigenvalue weighted by atomic mass is 9.96. The molecule has 1 atom stereocenters. The summed E-state index contributed by atoms with van der Waals surface area (Å²) in [5.74, 6) is 0.324. The van der Waals surface area contributed by atoms with Crippen LogP contribution in [0.5, 0.6) is 0 Å². The van der Waals surface area contributed by atoms with Crippen LogP contribution >= 0.6 is 0 Å². The van der Waals surface area contributed by atoms with E-state index in [2.05, 4.69) is 24.3 Å². The molecule has 0 aliphatic heterocycles. The molecule has 5 nitrogen and oxygen atoms in total. The summed E-state index contributed by atoms with van der Waals surface area (Å²) in [5.41, 5.74) is 6.36. The molecule has 0 bridgehead atoms. The first-order chi connectivity index (χ1) is 8.06. The average Bonchev–Trinajstić information content (AvgIpc) is 2.73. The number of aryl methyl sites for hydroxylation is 1. The molecule has 96 valence electrons. The van der Waals surface area contributed by atoms with Gasteiger partial charge in [-0.05, 0) is 19.3 Å². The van der Waals surface area contributed by atoms with Crippen LogP contribution < -0.4 is 11.1 Å². The molecule has 0 aliphatic carbocycles. The van der Waals surface area contributed by atoms with Crippen LogP contribution in [0.1, 0.15) is 27.2 Å². The number of nitrogens with two attached hydrogens (primary N) is 1. The van der Waals surface area contributed by atoms with E-state index in [0.717, 1.165) is 18.7 Å². The van der Waals surface area contributed by atoms with Gasteiger partial charge >= 0.3 is 0 Å². The van der Waals surface area contributed by atoms with E-state index in [4.69, 9.17) is 5.73 Å². The highest BCUT2D eigenvalue weighted by Crippen LogP contribution is 2.13. The zero-order valence-electron chi connectivity index (χ0n) is 10.8. The molecular formula is C12H22N4O. The fourth-order valence-corrected chi connectivity index (χ4v) is 1.72. The highest BCUT2D eigenvalue weighted by atomic mass is 16.1. The SMILES string of the molecule is CCn1cc(NC(=O)C(CN)CC(C)C)cn1. The Morgan fingerprint density at radius 3 is 2.76 bits per heavy atom. The van der Waals surface area contributed by atoms with E-state index in [-0.39, 0.29) is 11.8 Å². The number of anilines is 1. The lowest BCUT2D eigenvalue weighted by molar-refractivity contribution is -0.120. The van der Waals surface area contributed by atoms with Gasteiger partial charge in [-0.15, -0.1) is 0 Å². The number of hydrogen-bond acceptors (Lipinski definition) is 3. The summed E-state index contributed by atoms with van der Waals surface area (Å²) in [4.78, 5) is 11.9. The van der Waals surface area contributed by atoms with Crippen LogP contribution in [-0.4, -0.2) is 22.2 Å². The van der Waals surface area contributed by atoms with Crippen LogP contribution in [0.15, 0.2) is 12.4 Å². The molecule has 5 heteroatoms. The predicted molar refractivity (Wildman–Crippen MR) is 68.5 cm³/mol. The van der Waals surface area contributed by atoms with Crippen molar-refractivity contribution in [1.82, 2.24) is 9.78 Å². The van der Waals surface area contributed by atoms with Crippen molar-refractivity contribution in [1.29, 1.82) is 0 Å². The van der Waals surface area contributed by atoms with Gasteiger partial charge < -0.3 is 11.1 Å². The van der Waals surface area contributed by atoms with E-state index < -0.39 is 0 Å². The van der Waals surface area contributed by atoms with Gasteiger partial charge in [0.2, 0.25) is 5.91 Å². The zero-order valence-corrected chi connectivity index (χ0v) is 10.8. The molecule has 1 heterocycles. The Labute approximate surface area is 102 Å². The number of carbonyl (C=O) groups excluding carboxylic acids is 1. The Hall–Kier alpha value is -1.36. The van der Waals surface area contributed by atoms with Crippen molar-refractivity contribution < 1.29 is 4.79 Å². The summed E-state index contributed by atoms with van der Waals surface area (Å²) >= 11 is 0. The van der Waals surface area contributed by atoms with Crippen molar-refractivity contribution in [3.05, 3.63) is 12.4 Å². The first kappa shape index (κ1) is 13.7. The molecule has 1 unspecified atom stereocenters. The van der Waals surface area contributed by atoms with E-state index in [0.29, 0.717) is 12.5 Å². The predicted octanol–water partition coefficient (Wildman–Crippen LogP) is 1.46. The molecule has 3 N–H and O–H groups in total. The number of carbonyl (C=O) groups is 1. The molecule has 0 radical (unpaired) electrons. The lowest BCUT2D eigenvalue weighted by Gasteiger charge is -2.15. The molecular weight excluding hydrogens is 216 g/mol. The minimum atomic E-state index is -0.125. The number of nitrogens with one attached hydrogen (secondary N) is 1. The second kappa shape index (κ2) is 6.39. The molecule has 0 saturated heterocycles. The summed E-state index contributed by atoms with van der Waals surface area (Å²) in [7, 11) is 0. The first-order valence-electron chi connectivity index (χ1n) is 6.10. The topological polar surface area (TPSA) is 72.9 Å². The summed E-state index contributed by atoms with van der Waals surface area (Å²) < 4.78 is 1.77. The number of nitrogens with zero attached hydrogens (tertiary/aromatic N) is 2. The first-order valence-corrected chi connectivity index (χ1v) is 6.10. The highest BCUT2D eigenvalue weighted by molar-refractivity contribution is 5.92.